The van der Waals surface area contributed by atoms with Crippen molar-refractivity contribution in [3.63, 3.8) is 0 Å². The van der Waals surface area contributed by atoms with Gasteiger partial charge >= 0.3 is 6.18 Å². The van der Waals surface area contributed by atoms with Crippen LogP contribution < -0.4 is 0 Å². The minimum Gasteiger partial charge on any atom is -0.273 e. The van der Waals surface area contributed by atoms with Crippen LogP contribution in [-0.4, -0.2) is 10.2 Å². The maximum absolute atomic E-state index is 12.7. The molecule has 4 rings (SSSR count). The first-order valence-corrected chi connectivity index (χ1v) is 7.34. The van der Waals surface area contributed by atoms with E-state index in [9.17, 15) is 13.2 Å². The summed E-state index contributed by atoms with van der Waals surface area (Å²) in [5, 5.41) is 5.87. The number of halogens is 3. The smallest absolute Gasteiger partial charge is 0.273 e. The molecular weight excluding hydrogens is 301 g/mol. The zero-order valence-corrected chi connectivity index (χ0v) is 12.1. The number of hydrogen-bond acceptors (Lipinski definition) is 1. The molecule has 0 amide bonds. The summed E-state index contributed by atoms with van der Waals surface area (Å²) in [6.07, 6.45) is 4.33. The van der Waals surface area contributed by atoms with Crippen LogP contribution >= 0.6 is 0 Å². The SMILES string of the molecule is FC(F)(F)c1cc(C2=CCC3C(=C2)C=Cc2ccccc23)n[nH]1. The molecule has 0 spiro atoms. The number of H-pyrrole nitrogens is 1. The molecule has 0 fully saturated rings. The number of rotatable bonds is 1. The second kappa shape index (κ2) is 4.98. The average molecular weight is 314 g/mol. The van der Waals surface area contributed by atoms with Crippen LogP contribution in [0.1, 0.15) is 34.9 Å². The van der Waals surface area contributed by atoms with Gasteiger partial charge in [0.15, 0.2) is 0 Å². The van der Waals surface area contributed by atoms with Crippen molar-refractivity contribution in [2.24, 2.45) is 0 Å². The number of benzene rings is 1. The molecule has 1 unspecified atom stereocenters. The fraction of sp³-hybridized carbons (Fsp3) is 0.167. The van der Waals surface area contributed by atoms with Crippen LogP contribution in [-0.2, 0) is 6.18 Å². The Morgan fingerprint density at radius 2 is 1.96 bits per heavy atom. The summed E-state index contributed by atoms with van der Waals surface area (Å²) >= 11 is 0. The predicted molar refractivity (Wildman–Crippen MR) is 82.5 cm³/mol. The summed E-state index contributed by atoms with van der Waals surface area (Å²) in [5.41, 5.74) is 3.80. The van der Waals surface area contributed by atoms with Crippen molar-refractivity contribution in [3.8, 4) is 0 Å². The third-order valence-corrected chi connectivity index (χ3v) is 4.30. The van der Waals surface area contributed by atoms with Crippen molar-refractivity contribution in [1.29, 1.82) is 0 Å². The van der Waals surface area contributed by atoms with Gasteiger partial charge in [-0.25, -0.2) is 0 Å². The van der Waals surface area contributed by atoms with Crippen molar-refractivity contribution in [3.05, 3.63) is 76.6 Å². The molecule has 1 N–H and O–H groups in total. The first-order valence-electron chi connectivity index (χ1n) is 7.34. The lowest BCUT2D eigenvalue weighted by Gasteiger charge is -2.26. The number of nitrogens with one attached hydrogen (secondary N) is 1. The van der Waals surface area contributed by atoms with E-state index in [4.69, 9.17) is 0 Å². The summed E-state index contributed by atoms with van der Waals surface area (Å²) in [6.45, 7) is 0. The van der Waals surface area contributed by atoms with E-state index in [0.717, 1.165) is 23.6 Å². The number of allylic oxidation sites excluding steroid dienone is 5. The zero-order valence-electron chi connectivity index (χ0n) is 12.1. The van der Waals surface area contributed by atoms with Crippen LogP contribution in [0.25, 0.3) is 11.6 Å². The molecule has 1 aromatic heterocycles. The number of nitrogens with zero attached hydrogens (tertiary/aromatic N) is 1. The second-order valence-corrected chi connectivity index (χ2v) is 5.72. The van der Waals surface area contributed by atoms with E-state index in [2.05, 4.69) is 22.3 Å². The van der Waals surface area contributed by atoms with Crippen molar-refractivity contribution in [2.75, 3.05) is 0 Å². The molecule has 0 bridgehead atoms. The number of aromatic nitrogens is 2. The van der Waals surface area contributed by atoms with E-state index in [-0.39, 0.29) is 5.92 Å². The van der Waals surface area contributed by atoms with Crippen molar-refractivity contribution >= 4 is 11.6 Å². The highest BCUT2D eigenvalue weighted by molar-refractivity contribution is 5.78. The summed E-state index contributed by atoms with van der Waals surface area (Å²) in [7, 11) is 0. The third-order valence-electron chi connectivity index (χ3n) is 4.30. The van der Waals surface area contributed by atoms with Gasteiger partial charge in [0.2, 0.25) is 0 Å². The lowest BCUT2D eigenvalue weighted by molar-refractivity contribution is -0.141. The highest BCUT2D eigenvalue weighted by atomic mass is 19.4. The Hall–Kier alpha value is -2.56. The molecular formula is C18H13F3N2. The van der Waals surface area contributed by atoms with Gasteiger partial charge in [0.25, 0.3) is 0 Å². The summed E-state index contributed by atoms with van der Waals surface area (Å²) in [6, 6.07) is 9.25. The van der Waals surface area contributed by atoms with Crippen molar-refractivity contribution < 1.29 is 13.2 Å². The van der Waals surface area contributed by atoms with Gasteiger partial charge in [-0.05, 0) is 40.8 Å². The summed E-state index contributed by atoms with van der Waals surface area (Å²) in [4.78, 5) is 0. The number of alkyl halides is 3. The Labute approximate surface area is 131 Å². The van der Waals surface area contributed by atoms with Crippen LogP contribution in [0.5, 0.6) is 0 Å². The Kier molecular flexibility index (Phi) is 3.04. The number of fused-ring (bicyclic) bond motifs is 3. The van der Waals surface area contributed by atoms with Gasteiger partial charge < -0.3 is 0 Å². The fourth-order valence-electron chi connectivity index (χ4n) is 3.15. The van der Waals surface area contributed by atoms with Gasteiger partial charge in [-0.1, -0.05) is 42.5 Å². The fourth-order valence-corrected chi connectivity index (χ4v) is 3.15. The van der Waals surface area contributed by atoms with E-state index in [1.165, 1.54) is 11.1 Å². The lowest BCUT2D eigenvalue weighted by Crippen LogP contribution is -2.09. The van der Waals surface area contributed by atoms with E-state index in [1.807, 2.05) is 36.4 Å². The molecule has 116 valence electrons. The van der Waals surface area contributed by atoms with E-state index in [0.29, 0.717) is 5.69 Å². The van der Waals surface area contributed by atoms with Gasteiger partial charge in [-0.3, -0.25) is 5.10 Å². The third kappa shape index (κ3) is 2.42. The Bertz CT molecular complexity index is 853. The van der Waals surface area contributed by atoms with E-state index >= 15 is 0 Å². The van der Waals surface area contributed by atoms with E-state index in [1.54, 1.807) is 0 Å². The normalized spacial score (nSPS) is 19.7. The standard InChI is InChI=1S/C18H13F3N2/c19-18(20,21)17-10-16(22-23-17)13-7-8-15-12(9-13)6-5-11-3-1-2-4-14(11)15/h1-7,9-10,15H,8H2,(H,22,23). The van der Waals surface area contributed by atoms with Gasteiger partial charge in [-0.2, -0.15) is 18.3 Å². The molecule has 2 aromatic rings. The predicted octanol–water partition coefficient (Wildman–Crippen LogP) is 4.95. The minimum absolute atomic E-state index is 0.265. The largest absolute Gasteiger partial charge is 0.432 e. The van der Waals surface area contributed by atoms with Gasteiger partial charge in [-0.15, -0.1) is 0 Å². The first-order chi connectivity index (χ1) is 11.0. The van der Waals surface area contributed by atoms with E-state index < -0.39 is 11.9 Å². The molecule has 1 heterocycles. The van der Waals surface area contributed by atoms with Crippen molar-refractivity contribution in [2.45, 2.75) is 18.5 Å². The summed E-state index contributed by atoms with van der Waals surface area (Å²) < 4.78 is 38.1. The molecule has 2 aliphatic rings. The highest BCUT2D eigenvalue weighted by Crippen LogP contribution is 2.41. The molecule has 0 aliphatic heterocycles. The average Bonchev–Trinajstić information content (AvgIpc) is 3.04. The molecule has 0 saturated carbocycles. The molecule has 5 heteroatoms. The topological polar surface area (TPSA) is 28.7 Å². The highest BCUT2D eigenvalue weighted by Gasteiger charge is 2.33. The molecule has 2 aliphatic carbocycles. The lowest BCUT2D eigenvalue weighted by atomic mass is 9.77. The Balaban J connectivity index is 1.67. The minimum atomic E-state index is -4.40. The molecule has 0 radical (unpaired) electrons. The van der Waals surface area contributed by atoms with Crippen LogP contribution in [0.3, 0.4) is 0 Å². The van der Waals surface area contributed by atoms with Crippen LogP contribution in [0.15, 0.2) is 54.1 Å². The number of aromatic amines is 1. The first kappa shape index (κ1) is 14.1. The molecule has 1 aromatic carbocycles. The number of hydrogen-bond donors (Lipinski definition) is 1. The molecule has 23 heavy (non-hydrogen) atoms. The van der Waals surface area contributed by atoms with Crippen LogP contribution in [0, 0.1) is 0 Å². The van der Waals surface area contributed by atoms with Crippen molar-refractivity contribution in [1.82, 2.24) is 10.2 Å². The van der Waals surface area contributed by atoms with Gasteiger partial charge in [0, 0.05) is 5.92 Å². The Morgan fingerprint density at radius 1 is 1.13 bits per heavy atom. The molecule has 1 atom stereocenters. The summed E-state index contributed by atoms with van der Waals surface area (Å²) in [5.74, 6) is 0.265. The molecule has 2 nitrogen and oxygen atoms in total. The maximum Gasteiger partial charge on any atom is 0.432 e. The Morgan fingerprint density at radius 3 is 2.74 bits per heavy atom. The second-order valence-electron chi connectivity index (χ2n) is 5.72. The monoisotopic (exact) mass is 314 g/mol. The van der Waals surface area contributed by atoms with Gasteiger partial charge in [0.1, 0.15) is 5.69 Å². The zero-order chi connectivity index (χ0) is 16.0. The quantitative estimate of drug-likeness (QED) is 0.792. The van der Waals surface area contributed by atoms with Crippen LogP contribution in [0.2, 0.25) is 0 Å². The van der Waals surface area contributed by atoms with Gasteiger partial charge in [0.05, 0.1) is 5.69 Å². The van der Waals surface area contributed by atoms with Crippen LogP contribution in [0.4, 0.5) is 13.2 Å². The maximum atomic E-state index is 12.7. The molecule has 0 saturated heterocycles.